The Labute approximate surface area is 123 Å². The lowest BCUT2D eigenvalue weighted by Crippen LogP contribution is -2.26. The van der Waals surface area contributed by atoms with Gasteiger partial charge in [-0.15, -0.1) is 0 Å². The van der Waals surface area contributed by atoms with Gasteiger partial charge in [-0.2, -0.15) is 0 Å². The van der Waals surface area contributed by atoms with Gasteiger partial charge in [-0.1, -0.05) is 58.3 Å². The summed E-state index contributed by atoms with van der Waals surface area (Å²) < 4.78 is 0. The number of amides is 1. The maximum absolute atomic E-state index is 11.3. The number of aliphatic imine (C=N–C) groups is 1. The molecule has 118 valence electrons. The molecule has 0 saturated heterocycles. The SMILES string of the molecule is CCCCCCCCCCC(CCN=C(N)N)C(N)=O. The van der Waals surface area contributed by atoms with E-state index in [-0.39, 0.29) is 17.8 Å². The zero-order valence-corrected chi connectivity index (χ0v) is 12.9. The number of carbonyl (C=O) groups excluding carboxylic acids is 1. The van der Waals surface area contributed by atoms with Crippen molar-refractivity contribution in [3.05, 3.63) is 0 Å². The Kier molecular flexibility index (Phi) is 12.0. The Morgan fingerprint density at radius 3 is 1.95 bits per heavy atom. The van der Waals surface area contributed by atoms with Crippen molar-refractivity contribution in [3.8, 4) is 0 Å². The molecule has 0 spiro atoms. The molecule has 0 fully saturated rings. The standard InChI is InChI=1S/C15H32N4O/c1-2-3-4-5-6-7-8-9-10-13(14(16)20)11-12-19-15(17)18/h13H,2-12H2,1H3,(H2,16,20)(H4,17,18,19). The summed E-state index contributed by atoms with van der Waals surface area (Å²) in [7, 11) is 0. The molecule has 0 aromatic heterocycles. The summed E-state index contributed by atoms with van der Waals surface area (Å²) in [4.78, 5) is 15.2. The monoisotopic (exact) mass is 284 g/mol. The third kappa shape index (κ3) is 11.8. The second-order valence-corrected chi connectivity index (χ2v) is 5.46. The van der Waals surface area contributed by atoms with Crippen molar-refractivity contribution in [2.45, 2.75) is 71.1 Å². The minimum absolute atomic E-state index is 0.0697. The third-order valence-electron chi connectivity index (χ3n) is 3.58. The predicted octanol–water partition coefficient (Wildman–Crippen LogP) is 2.28. The summed E-state index contributed by atoms with van der Waals surface area (Å²) in [6, 6.07) is 0. The molecule has 0 aliphatic heterocycles. The second kappa shape index (κ2) is 12.8. The second-order valence-electron chi connectivity index (χ2n) is 5.46. The number of hydrogen-bond acceptors (Lipinski definition) is 2. The Hall–Kier alpha value is -1.26. The van der Waals surface area contributed by atoms with Crippen molar-refractivity contribution in [1.82, 2.24) is 0 Å². The summed E-state index contributed by atoms with van der Waals surface area (Å²) >= 11 is 0. The van der Waals surface area contributed by atoms with E-state index in [4.69, 9.17) is 17.2 Å². The molecule has 0 aromatic rings. The van der Waals surface area contributed by atoms with E-state index in [2.05, 4.69) is 11.9 Å². The van der Waals surface area contributed by atoms with Gasteiger partial charge in [0.15, 0.2) is 5.96 Å². The first kappa shape index (κ1) is 18.7. The molecule has 0 rings (SSSR count). The number of guanidine groups is 1. The minimum Gasteiger partial charge on any atom is -0.370 e. The van der Waals surface area contributed by atoms with Gasteiger partial charge in [-0.3, -0.25) is 9.79 Å². The Morgan fingerprint density at radius 1 is 0.900 bits per heavy atom. The number of unbranched alkanes of at least 4 members (excludes halogenated alkanes) is 7. The fourth-order valence-electron chi connectivity index (χ4n) is 2.30. The fourth-order valence-corrected chi connectivity index (χ4v) is 2.30. The highest BCUT2D eigenvalue weighted by atomic mass is 16.1. The van der Waals surface area contributed by atoms with E-state index in [1.54, 1.807) is 0 Å². The van der Waals surface area contributed by atoms with Gasteiger partial charge in [0, 0.05) is 12.5 Å². The van der Waals surface area contributed by atoms with E-state index < -0.39 is 0 Å². The average Bonchev–Trinajstić information content (AvgIpc) is 2.39. The molecule has 0 bridgehead atoms. The van der Waals surface area contributed by atoms with Crippen molar-refractivity contribution in [3.63, 3.8) is 0 Å². The van der Waals surface area contributed by atoms with Gasteiger partial charge in [0.25, 0.3) is 0 Å². The van der Waals surface area contributed by atoms with E-state index in [0.29, 0.717) is 13.0 Å². The van der Waals surface area contributed by atoms with E-state index in [1.165, 1.54) is 44.9 Å². The van der Waals surface area contributed by atoms with Gasteiger partial charge in [0.05, 0.1) is 0 Å². The molecule has 5 nitrogen and oxygen atoms in total. The molecule has 20 heavy (non-hydrogen) atoms. The quantitative estimate of drug-likeness (QED) is 0.274. The first-order chi connectivity index (χ1) is 9.57. The van der Waals surface area contributed by atoms with Crippen LogP contribution in [0.1, 0.15) is 71.1 Å². The number of primary amides is 1. The molecule has 0 heterocycles. The van der Waals surface area contributed by atoms with Crippen molar-refractivity contribution < 1.29 is 4.79 Å². The number of nitrogens with zero attached hydrogens (tertiary/aromatic N) is 1. The molecule has 6 N–H and O–H groups in total. The largest absolute Gasteiger partial charge is 0.370 e. The van der Waals surface area contributed by atoms with E-state index in [0.717, 1.165) is 12.8 Å². The van der Waals surface area contributed by atoms with Crippen LogP contribution in [-0.4, -0.2) is 18.4 Å². The topological polar surface area (TPSA) is 107 Å². The Morgan fingerprint density at radius 2 is 1.45 bits per heavy atom. The van der Waals surface area contributed by atoms with Crippen LogP contribution in [0, 0.1) is 5.92 Å². The molecule has 1 unspecified atom stereocenters. The molecule has 0 radical (unpaired) electrons. The number of rotatable bonds is 13. The van der Waals surface area contributed by atoms with Crippen molar-refractivity contribution in [2.75, 3.05) is 6.54 Å². The molecule has 1 amide bonds. The summed E-state index contributed by atoms with van der Waals surface area (Å²) in [6.07, 6.45) is 11.6. The molecule has 5 heteroatoms. The first-order valence-corrected chi connectivity index (χ1v) is 7.92. The molecule has 0 aliphatic carbocycles. The molecule has 0 aromatic carbocycles. The normalized spacial score (nSPS) is 12.1. The van der Waals surface area contributed by atoms with Crippen molar-refractivity contribution >= 4 is 11.9 Å². The minimum atomic E-state index is -0.237. The lowest BCUT2D eigenvalue weighted by molar-refractivity contribution is -0.122. The van der Waals surface area contributed by atoms with Gasteiger partial charge in [-0.25, -0.2) is 0 Å². The maximum atomic E-state index is 11.3. The molecular formula is C15H32N4O. The first-order valence-electron chi connectivity index (χ1n) is 7.92. The van der Waals surface area contributed by atoms with E-state index in [9.17, 15) is 4.79 Å². The highest BCUT2D eigenvalue weighted by Crippen LogP contribution is 2.15. The Bertz CT molecular complexity index is 275. The third-order valence-corrected chi connectivity index (χ3v) is 3.58. The lowest BCUT2D eigenvalue weighted by Gasteiger charge is -2.11. The molecular weight excluding hydrogens is 252 g/mol. The van der Waals surface area contributed by atoms with E-state index in [1.807, 2.05) is 0 Å². The lowest BCUT2D eigenvalue weighted by atomic mass is 9.96. The number of hydrogen-bond donors (Lipinski definition) is 3. The highest BCUT2D eigenvalue weighted by Gasteiger charge is 2.14. The van der Waals surface area contributed by atoms with Crippen LogP contribution in [0.3, 0.4) is 0 Å². The predicted molar refractivity (Wildman–Crippen MR) is 85.2 cm³/mol. The van der Waals surface area contributed by atoms with Crippen LogP contribution in [0.2, 0.25) is 0 Å². The smallest absolute Gasteiger partial charge is 0.220 e. The van der Waals surface area contributed by atoms with Crippen LogP contribution in [0.4, 0.5) is 0 Å². The van der Waals surface area contributed by atoms with Crippen LogP contribution >= 0.6 is 0 Å². The van der Waals surface area contributed by atoms with E-state index >= 15 is 0 Å². The van der Waals surface area contributed by atoms with Crippen LogP contribution in [-0.2, 0) is 4.79 Å². The molecule has 0 aliphatic rings. The van der Waals surface area contributed by atoms with Crippen LogP contribution in [0.15, 0.2) is 4.99 Å². The zero-order chi connectivity index (χ0) is 15.2. The van der Waals surface area contributed by atoms with Gasteiger partial charge in [0.1, 0.15) is 0 Å². The van der Waals surface area contributed by atoms with Crippen LogP contribution in [0.25, 0.3) is 0 Å². The van der Waals surface area contributed by atoms with Crippen LogP contribution in [0.5, 0.6) is 0 Å². The number of carbonyl (C=O) groups is 1. The summed E-state index contributed by atoms with van der Waals surface area (Å²) in [5.41, 5.74) is 15.9. The average molecular weight is 284 g/mol. The van der Waals surface area contributed by atoms with Gasteiger partial charge >= 0.3 is 0 Å². The van der Waals surface area contributed by atoms with Crippen molar-refractivity contribution in [1.29, 1.82) is 0 Å². The maximum Gasteiger partial charge on any atom is 0.220 e. The van der Waals surface area contributed by atoms with Gasteiger partial charge < -0.3 is 17.2 Å². The fraction of sp³-hybridized carbons (Fsp3) is 0.867. The number of nitrogens with two attached hydrogens (primary N) is 3. The summed E-state index contributed by atoms with van der Waals surface area (Å²) in [5.74, 6) is -0.266. The van der Waals surface area contributed by atoms with Crippen molar-refractivity contribution in [2.24, 2.45) is 28.1 Å². The summed E-state index contributed by atoms with van der Waals surface area (Å²) in [6.45, 7) is 2.71. The molecule has 0 saturated carbocycles. The molecule has 1 atom stereocenters. The Balaban J connectivity index is 3.61. The summed E-state index contributed by atoms with van der Waals surface area (Å²) in [5, 5.41) is 0. The van der Waals surface area contributed by atoms with Crippen LogP contribution < -0.4 is 17.2 Å². The van der Waals surface area contributed by atoms with Gasteiger partial charge in [0.2, 0.25) is 5.91 Å². The van der Waals surface area contributed by atoms with Gasteiger partial charge in [-0.05, 0) is 12.8 Å². The highest BCUT2D eigenvalue weighted by molar-refractivity contribution is 5.77. The zero-order valence-electron chi connectivity index (χ0n) is 12.9.